The molecule has 0 bridgehead atoms. The number of carbonyl (C=O) groups excluding carboxylic acids is 1. The highest BCUT2D eigenvalue weighted by Crippen LogP contribution is 2.19. The van der Waals surface area contributed by atoms with Crippen LogP contribution in [0.3, 0.4) is 0 Å². The van der Waals surface area contributed by atoms with Gasteiger partial charge in [0.1, 0.15) is 0 Å². The lowest BCUT2D eigenvalue weighted by atomic mass is 9.95. The van der Waals surface area contributed by atoms with Crippen LogP contribution in [0.4, 0.5) is 0 Å². The van der Waals surface area contributed by atoms with Crippen molar-refractivity contribution in [3.05, 3.63) is 0 Å². The quantitative estimate of drug-likeness (QED) is 0.552. The molecule has 23 heavy (non-hydrogen) atoms. The van der Waals surface area contributed by atoms with Crippen molar-refractivity contribution < 1.29 is 13.2 Å². The van der Waals surface area contributed by atoms with Gasteiger partial charge in [-0.05, 0) is 39.5 Å². The van der Waals surface area contributed by atoms with E-state index in [0.717, 1.165) is 19.4 Å². The molecule has 7 nitrogen and oxygen atoms in total. The minimum Gasteiger partial charge on any atom is -0.370 e. The van der Waals surface area contributed by atoms with Gasteiger partial charge in [-0.3, -0.25) is 9.79 Å². The number of nitrogens with two attached hydrogens (primary N) is 1. The van der Waals surface area contributed by atoms with Crippen LogP contribution in [0.1, 0.15) is 40.0 Å². The van der Waals surface area contributed by atoms with Crippen LogP contribution in [-0.4, -0.2) is 62.4 Å². The van der Waals surface area contributed by atoms with Gasteiger partial charge in [-0.1, -0.05) is 0 Å². The lowest BCUT2D eigenvalue weighted by molar-refractivity contribution is -0.119. The van der Waals surface area contributed by atoms with Gasteiger partial charge in [0.2, 0.25) is 5.91 Å². The number of likely N-dealkylation sites (tertiary alicyclic amines) is 1. The largest absolute Gasteiger partial charge is 0.370 e. The number of primary amides is 1. The van der Waals surface area contributed by atoms with E-state index in [1.165, 1.54) is 0 Å². The molecule has 0 aliphatic carbocycles. The van der Waals surface area contributed by atoms with Gasteiger partial charge in [0.15, 0.2) is 15.8 Å². The van der Waals surface area contributed by atoms with Crippen molar-refractivity contribution in [2.75, 3.05) is 32.4 Å². The van der Waals surface area contributed by atoms with Crippen molar-refractivity contribution in [1.82, 2.24) is 10.2 Å². The van der Waals surface area contributed by atoms with Crippen molar-refractivity contribution in [2.24, 2.45) is 16.6 Å². The van der Waals surface area contributed by atoms with Crippen molar-refractivity contribution >= 4 is 21.7 Å². The normalized spacial score (nSPS) is 20.4. The van der Waals surface area contributed by atoms with Crippen LogP contribution in [0, 0.1) is 5.92 Å². The topological polar surface area (TPSA) is 105 Å². The van der Waals surface area contributed by atoms with Crippen molar-refractivity contribution in [3.8, 4) is 0 Å². The number of piperidine rings is 1. The predicted molar refractivity (Wildman–Crippen MR) is 93.0 cm³/mol. The van der Waals surface area contributed by atoms with Gasteiger partial charge in [0, 0.05) is 33.1 Å². The van der Waals surface area contributed by atoms with Gasteiger partial charge in [-0.15, -0.1) is 0 Å². The molecule has 1 saturated heterocycles. The van der Waals surface area contributed by atoms with E-state index in [9.17, 15) is 13.2 Å². The predicted octanol–water partition coefficient (Wildman–Crippen LogP) is 0.363. The summed E-state index contributed by atoms with van der Waals surface area (Å²) in [5, 5.41) is 3.12. The molecule has 0 aromatic rings. The number of hydrogen-bond acceptors (Lipinski definition) is 4. The number of rotatable bonds is 5. The first-order chi connectivity index (χ1) is 10.6. The van der Waals surface area contributed by atoms with Crippen LogP contribution < -0.4 is 11.1 Å². The Balaban J connectivity index is 2.56. The molecule has 1 atom stereocenters. The van der Waals surface area contributed by atoms with E-state index in [1.807, 2.05) is 0 Å². The molecule has 3 N–H and O–H groups in total. The molecule has 1 rings (SSSR count). The summed E-state index contributed by atoms with van der Waals surface area (Å²) in [6, 6.07) is 0. The molecule has 1 fully saturated rings. The number of amides is 1. The zero-order chi connectivity index (χ0) is 17.7. The summed E-state index contributed by atoms with van der Waals surface area (Å²) in [6.07, 6.45) is 2.33. The Morgan fingerprint density at radius 3 is 2.57 bits per heavy atom. The van der Waals surface area contributed by atoms with Crippen LogP contribution in [0.5, 0.6) is 0 Å². The van der Waals surface area contributed by atoms with E-state index < -0.39 is 14.6 Å². The number of hydrogen-bond donors (Lipinski definition) is 2. The summed E-state index contributed by atoms with van der Waals surface area (Å²) < 4.78 is 23.5. The maximum absolute atomic E-state index is 12.1. The molecular weight excluding hydrogens is 316 g/mol. The summed E-state index contributed by atoms with van der Waals surface area (Å²) in [5.74, 6) is 0.700. The maximum atomic E-state index is 12.1. The van der Waals surface area contributed by atoms with Gasteiger partial charge in [-0.2, -0.15) is 0 Å². The molecule has 0 aromatic carbocycles. The summed E-state index contributed by atoms with van der Waals surface area (Å²) >= 11 is 0. The molecule has 0 spiro atoms. The molecule has 0 saturated carbocycles. The number of aliphatic imine (C=N–C) groups is 1. The Hall–Kier alpha value is -1.31. The second-order valence-corrected chi connectivity index (χ2v) is 9.89. The molecule has 0 aromatic heterocycles. The van der Waals surface area contributed by atoms with Crippen molar-refractivity contribution in [2.45, 2.75) is 44.8 Å². The van der Waals surface area contributed by atoms with Gasteiger partial charge in [0.05, 0.1) is 10.5 Å². The lowest BCUT2D eigenvalue weighted by Gasteiger charge is -2.34. The average molecular weight is 346 g/mol. The van der Waals surface area contributed by atoms with Crippen LogP contribution in [-0.2, 0) is 14.6 Å². The standard InChI is InChI=1S/C15H30N4O3S/c1-15(2,3)23(21,22)9-7-18-14(17-4)19-8-5-6-12(11-19)10-13(16)20/h12H,5-11H2,1-4H3,(H2,16,20)(H,17,18). The fourth-order valence-electron chi connectivity index (χ4n) is 2.64. The number of nitrogens with one attached hydrogen (secondary N) is 1. The maximum Gasteiger partial charge on any atom is 0.217 e. The van der Waals surface area contributed by atoms with Crippen LogP contribution in [0.15, 0.2) is 4.99 Å². The smallest absolute Gasteiger partial charge is 0.217 e. The van der Waals surface area contributed by atoms with E-state index in [2.05, 4.69) is 15.2 Å². The highest BCUT2D eigenvalue weighted by molar-refractivity contribution is 7.92. The van der Waals surface area contributed by atoms with Gasteiger partial charge in [-0.25, -0.2) is 8.42 Å². The third kappa shape index (κ3) is 6.01. The molecule has 1 amide bonds. The number of nitrogens with zero attached hydrogens (tertiary/aromatic N) is 2. The zero-order valence-electron chi connectivity index (χ0n) is 14.6. The monoisotopic (exact) mass is 346 g/mol. The first kappa shape index (κ1) is 19.7. The highest BCUT2D eigenvalue weighted by Gasteiger charge is 2.29. The first-order valence-corrected chi connectivity index (χ1v) is 9.68. The third-order valence-electron chi connectivity index (χ3n) is 4.11. The minimum absolute atomic E-state index is 0.0636. The van der Waals surface area contributed by atoms with Crippen molar-refractivity contribution in [1.29, 1.82) is 0 Å². The Morgan fingerprint density at radius 2 is 2.04 bits per heavy atom. The van der Waals surface area contributed by atoms with E-state index in [4.69, 9.17) is 5.73 Å². The summed E-state index contributed by atoms with van der Waals surface area (Å²) in [7, 11) is -1.48. The van der Waals surface area contributed by atoms with Gasteiger partial charge in [0.25, 0.3) is 0 Å². The molecule has 1 aliphatic heterocycles. The molecule has 1 unspecified atom stereocenters. The van der Waals surface area contributed by atoms with E-state index in [0.29, 0.717) is 25.5 Å². The highest BCUT2D eigenvalue weighted by atomic mass is 32.2. The van der Waals surface area contributed by atoms with Gasteiger partial charge < -0.3 is 16.0 Å². The summed E-state index contributed by atoms with van der Waals surface area (Å²) in [6.45, 7) is 7.00. The first-order valence-electron chi connectivity index (χ1n) is 8.03. The van der Waals surface area contributed by atoms with E-state index >= 15 is 0 Å². The van der Waals surface area contributed by atoms with Crippen LogP contribution >= 0.6 is 0 Å². The Morgan fingerprint density at radius 1 is 1.39 bits per heavy atom. The molecule has 0 radical (unpaired) electrons. The van der Waals surface area contributed by atoms with Gasteiger partial charge >= 0.3 is 0 Å². The number of carbonyl (C=O) groups is 1. The third-order valence-corrected chi connectivity index (χ3v) is 6.71. The zero-order valence-corrected chi connectivity index (χ0v) is 15.4. The van der Waals surface area contributed by atoms with Crippen molar-refractivity contribution in [3.63, 3.8) is 0 Å². The number of sulfone groups is 1. The summed E-state index contributed by atoms with van der Waals surface area (Å²) in [5.41, 5.74) is 5.28. The molecule has 8 heteroatoms. The fraction of sp³-hybridized carbons (Fsp3) is 0.867. The SMILES string of the molecule is CN=C(NCCS(=O)(=O)C(C)(C)C)N1CCCC(CC(N)=O)C1. The van der Waals surface area contributed by atoms with Crippen LogP contribution in [0.2, 0.25) is 0 Å². The molecule has 1 heterocycles. The Kier molecular flexibility index (Phi) is 6.85. The average Bonchev–Trinajstić information content (AvgIpc) is 2.42. The lowest BCUT2D eigenvalue weighted by Crippen LogP contribution is -2.48. The fourth-order valence-corrected chi connectivity index (χ4v) is 3.63. The second kappa shape index (κ2) is 7.99. The Bertz CT molecular complexity index is 537. The van der Waals surface area contributed by atoms with E-state index in [1.54, 1.807) is 27.8 Å². The molecular formula is C15H30N4O3S. The second-order valence-electron chi connectivity index (χ2n) is 7.03. The molecule has 134 valence electrons. The van der Waals surface area contributed by atoms with E-state index in [-0.39, 0.29) is 17.6 Å². The Labute approximate surface area is 139 Å². The summed E-state index contributed by atoms with van der Waals surface area (Å²) in [4.78, 5) is 17.4. The minimum atomic E-state index is -3.16. The number of guanidine groups is 1. The van der Waals surface area contributed by atoms with Crippen LogP contribution in [0.25, 0.3) is 0 Å². The molecule has 1 aliphatic rings.